The molecule has 0 amide bonds. The summed E-state index contributed by atoms with van der Waals surface area (Å²) < 4.78 is 4.38. The molecule has 0 aliphatic heterocycles. The van der Waals surface area contributed by atoms with Gasteiger partial charge in [-0.15, -0.1) is 0 Å². The van der Waals surface area contributed by atoms with Crippen molar-refractivity contribution in [3.05, 3.63) is 18.2 Å². The number of nitrogens with zero attached hydrogens (tertiary/aromatic N) is 1. The molecule has 0 aromatic carbocycles. The van der Waals surface area contributed by atoms with Gasteiger partial charge in [-0.25, -0.2) is 9.78 Å². The first-order valence-corrected chi connectivity index (χ1v) is 2.41. The van der Waals surface area contributed by atoms with Crippen LogP contribution in [0.4, 0.5) is 0 Å². The third-order valence-corrected chi connectivity index (χ3v) is 0.904. The Morgan fingerprint density at radius 2 is 2.27 bits per heavy atom. The lowest BCUT2D eigenvalue weighted by Crippen LogP contribution is -2.00. The minimum atomic E-state index is -0.396. The molecule has 6 heteroatoms. The maximum absolute atomic E-state index is 10.6. The lowest BCUT2D eigenvalue weighted by atomic mass is 10.5. The zero-order valence-electron chi connectivity index (χ0n) is 5.92. The van der Waals surface area contributed by atoms with Crippen LogP contribution in [-0.4, -0.2) is 34.0 Å². The van der Waals surface area contributed by atoms with Crippen LogP contribution < -0.4 is 0 Å². The molecule has 1 rings (SSSR count). The van der Waals surface area contributed by atoms with Gasteiger partial charge >= 0.3 is 5.97 Å². The van der Waals surface area contributed by atoms with Gasteiger partial charge in [0, 0.05) is 0 Å². The van der Waals surface area contributed by atoms with Crippen LogP contribution in [0.2, 0.25) is 0 Å². The van der Waals surface area contributed by atoms with Crippen molar-refractivity contribution in [1.29, 1.82) is 0 Å². The second kappa shape index (κ2) is 5.39. The van der Waals surface area contributed by atoms with Crippen molar-refractivity contribution in [2.24, 2.45) is 0 Å². The van der Waals surface area contributed by atoms with E-state index in [4.69, 9.17) is 0 Å². The summed E-state index contributed by atoms with van der Waals surface area (Å²) >= 11 is 0. The van der Waals surface area contributed by atoms with E-state index in [0.717, 1.165) is 0 Å². The van der Waals surface area contributed by atoms with Crippen LogP contribution in [0.1, 0.15) is 10.5 Å². The minimum Gasteiger partial charge on any atom is -0.464 e. The van der Waals surface area contributed by atoms with Crippen molar-refractivity contribution in [2.45, 2.75) is 0 Å². The van der Waals surface area contributed by atoms with Gasteiger partial charge in [0.15, 0.2) is 0 Å². The summed E-state index contributed by atoms with van der Waals surface area (Å²) in [6.45, 7) is 0. The third kappa shape index (κ3) is 2.78. The highest BCUT2D eigenvalue weighted by Crippen LogP contribution is 1.91. The van der Waals surface area contributed by atoms with Gasteiger partial charge in [-0.1, -0.05) is 0 Å². The Labute approximate surface area is 62.8 Å². The molecule has 5 N–H and O–H groups in total. The molecule has 0 unspecified atom stereocenters. The van der Waals surface area contributed by atoms with Crippen molar-refractivity contribution < 1.29 is 20.5 Å². The summed E-state index contributed by atoms with van der Waals surface area (Å²) in [5.41, 5.74) is 0.373. The van der Waals surface area contributed by atoms with Crippen LogP contribution in [0.3, 0.4) is 0 Å². The number of esters is 1. The number of imidazole rings is 1. The molecule has 0 radical (unpaired) electrons. The van der Waals surface area contributed by atoms with Crippen LogP contribution >= 0.6 is 0 Å². The Hall–Kier alpha value is -1.40. The number of hydrogen-bond acceptors (Lipinski definition) is 3. The first kappa shape index (κ1) is 12.3. The van der Waals surface area contributed by atoms with Crippen LogP contribution in [0.5, 0.6) is 0 Å². The van der Waals surface area contributed by atoms with Crippen molar-refractivity contribution in [3.8, 4) is 0 Å². The van der Waals surface area contributed by atoms with Gasteiger partial charge in [0.25, 0.3) is 0 Å². The molecule has 64 valence electrons. The minimum absolute atomic E-state index is 0. The van der Waals surface area contributed by atoms with Crippen molar-refractivity contribution in [1.82, 2.24) is 9.97 Å². The van der Waals surface area contributed by atoms with Gasteiger partial charge in [0.2, 0.25) is 0 Å². The summed E-state index contributed by atoms with van der Waals surface area (Å²) in [6, 6.07) is 0. The normalized spacial score (nSPS) is 7.36. The third-order valence-electron chi connectivity index (χ3n) is 0.904. The van der Waals surface area contributed by atoms with Gasteiger partial charge in [0.1, 0.15) is 5.69 Å². The van der Waals surface area contributed by atoms with E-state index in [9.17, 15) is 4.79 Å². The van der Waals surface area contributed by atoms with Crippen LogP contribution in [-0.2, 0) is 4.74 Å². The summed E-state index contributed by atoms with van der Waals surface area (Å²) in [6.07, 6.45) is 2.83. The summed E-state index contributed by atoms with van der Waals surface area (Å²) in [5, 5.41) is 0. The number of nitrogens with one attached hydrogen (secondary N) is 1. The number of hydrogen-bond donors (Lipinski definition) is 1. The molecule has 1 heterocycles. The molecule has 0 aliphatic carbocycles. The average Bonchev–Trinajstić information content (AvgIpc) is 2.37. The maximum atomic E-state index is 10.6. The number of H-pyrrole nitrogens is 1. The molecule has 1 aromatic heterocycles. The second-order valence-corrected chi connectivity index (χ2v) is 1.46. The van der Waals surface area contributed by atoms with Gasteiger partial charge in [0.05, 0.1) is 19.6 Å². The predicted octanol–water partition coefficient (Wildman–Crippen LogP) is -1.45. The van der Waals surface area contributed by atoms with E-state index in [1.807, 2.05) is 0 Å². The lowest BCUT2D eigenvalue weighted by molar-refractivity contribution is 0.0594. The SMILES string of the molecule is COC(=O)c1cnc[nH]1.O.O. The van der Waals surface area contributed by atoms with E-state index in [2.05, 4.69) is 14.7 Å². The molecule has 1 aromatic rings. The Morgan fingerprint density at radius 1 is 1.64 bits per heavy atom. The Balaban J connectivity index is 0. The van der Waals surface area contributed by atoms with Gasteiger partial charge in [-0.05, 0) is 0 Å². The van der Waals surface area contributed by atoms with Gasteiger partial charge in [-0.2, -0.15) is 0 Å². The van der Waals surface area contributed by atoms with Gasteiger partial charge < -0.3 is 20.7 Å². The quantitative estimate of drug-likeness (QED) is 0.508. The first-order valence-electron chi connectivity index (χ1n) is 2.41. The second-order valence-electron chi connectivity index (χ2n) is 1.46. The van der Waals surface area contributed by atoms with E-state index in [1.54, 1.807) is 0 Å². The first-order chi connectivity index (χ1) is 4.34. The maximum Gasteiger partial charge on any atom is 0.356 e. The van der Waals surface area contributed by atoms with E-state index in [0.29, 0.717) is 5.69 Å². The van der Waals surface area contributed by atoms with E-state index in [-0.39, 0.29) is 11.0 Å². The topological polar surface area (TPSA) is 118 Å². The molecule has 11 heavy (non-hydrogen) atoms. The molecule has 6 nitrogen and oxygen atoms in total. The number of ether oxygens (including phenoxy) is 1. The van der Waals surface area contributed by atoms with Crippen LogP contribution in [0.15, 0.2) is 12.5 Å². The Kier molecular flexibility index (Phi) is 6.02. The van der Waals surface area contributed by atoms with E-state index in [1.165, 1.54) is 19.6 Å². The molecular weight excluding hydrogens is 152 g/mol. The Morgan fingerprint density at radius 3 is 2.64 bits per heavy atom. The highest BCUT2D eigenvalue weighted by molar-refractivity contribution is 5.86. The van der Waals surface area contributed by atoms with Crippen LogP contribution in [0, 0.1) is 0 Å². The van der Waals surface area contributed by atoms with E-state index < -0.39 is 5.97 Å². The molecule has 0 saturated carbocycles. The van der Waals surface area contributed by atoms with Gasteiger partial charge in [-0.3, -0.25) is 0 Å². The van der Waals surface area contributed by atoms with Crippen molar-refractivity contribution in [2.75, 3.05) is 7.11 Å². The summed E-state index contributed by atoms with van der Waals surface area (Å²) in [5.74, 6) is -0.396. The molecule has 0 spiro atoms. The fourth-order valence-electron chi connectivity index (χ4n) is 0.477. The number of aromatic nitrogens is 2. The zero-order chi connectivity index (χ0) is 6.69. The fourth-order valence-corrected chi connectivity index (χ4v) is 0.477. The standard InChI is InChI=1S/C5H6N2O2.2H2O/c1-9-5(8)4-2-6-3-7-4;;/h2-3H,1H3,(H,6,7);2*1H2. The Bertz CT molecular complexity index is 196. The molecule has 0 atom stereocenters. The average molecular weight is 162 g/mol. The lowest BCUT2D eigenvalue weighted by Gasteiger charge is -1.90. The monoisotopic (exact) mass is 162 g/mol. The summed E-state index contributed by atoms with van der Waals surface area (Å²) in [7, 11) is 1.32. The molecule has 0 bridgehead atoms. The van der Waals surface area contributed by atoms with Crippen molar-refractivity contribution >= 4 is 5.97 Å². The number of aromatic amines is 1. The smallest absolute Gasteiger partial charge is 0.356 e. The zero-order valence-corrected chi connectivity index (χ0v) is 5.92. The number of methoxy groups -OCH3 is 1. The van der Waals surface area contributed by atoms with Crippen molar-refractivity contribution in [3.63, 3.8) is 0 Å². The van der Waals surface area contributed by atoms with Crippen LogP contribution in [0.25, 0.3) is 0 Å². The molecular formula is C5H10N2O4. The molecule has 0 saturated heterocycles. The molecule has 0 fully saturated rings. The molecule has 0 aliphatic rings. The number of rotatable bonds is 1. The fraction of sp³-hybridized carbons (Fsp3) is 0.200. The highest BCUT2D eigenvalue weighted by atomic mass is 16.5. The number of carbonyl (C=O) groups excluding carboxylic acids is 1. The summed E-state index contributed by atoms with van der Waals surface area (Å²) in [4.78, 5) is 16.8. The highest BCUT2D eigenvalue weighted by Gasteiger charge is 2.03. The largest absolute Gasteiger partial charge is 0.464 e. The number of carbonyl (C=O) groups is 1. The van der Waals surface area contributed by atoms with E-state index >= 15 is 0 Å². The predicted molar refractivity (Wildman–Crippen MR) is 37.2 cm³/mol.